The molecular weight excluding hydrogens is 422 g/mol. The van der Waals surface area contributed by atoms with Gasteiger partial charge >= 0.3 is 6.03 Å². The van der Waals surface area contributed by atoms with E-state index < -0.39 is 12.1 Å². The van der Waals surface area contributed by atoms with Crippen molar-refractivity contribution in [1.82, 2.24) is 25.3 Å². The summed E-state index contributed by atoms with van der Waals surface area (Å²) in [7, 11) is 0. The molecule has 1 N–H and O–H groups in total. The molecule has 170 valence electrons. The van der Waals surface area contributed by atoms with E-state index in [9.17, 15) is 19.2 Å². The van der Waals surface area contributed by atoms with Crippen LogP contribution in [0.15, 0.2) is 9.64 Å². The molecule has 0 aromatic carbocycles. The minimum absolute atomic E-state index is 0.00811. The Morgan fingerprint density at radius 2 is 2.03 bits per heavy atom. The summed E-state index contributed by atoms with van der Waals surface area (Å²) in [4.78, 5) is 51.1. The number of imide groups is 1. The summed E-state index contributed by atoms with van der Waals surface area (Å²) in [6.07, 6.45) is 6.35. The van der Waals surface area contributed by atoms with E-state index in [1.54, 1.807) is 4.90 Å². The maximum absolute atomic E-state index is 13.2. The molecule has 0 bridgehead atoms. The average Bonchev–Trinajstić information content (AvgIpc) is 3.35. The number of amides is 4. The van der Waals surface area contributed by atoms with Crippen LogP contribution in [-0.4, -0.2) is 75.1 Å². The van der Waals surface area contributed by atoms with Crippen LogP contribution in [0.4, 0.5) is 4.79 Å². The fourth-order valence-electron chi connectivity index (χ4n) is 4.02. The number of carbonyl (C=O) groups excluding carboxylic acids is 4. The number of Topliss-reactive ketones (excluding diaryl/α,β-unsaturated/α-hetero) is 1. The summed E-state index contributed by atoms with van der Waals surface area (Å²) >= 11 is 1.17. The number of hydrogen-bond donors (Lipinski definition) is 1. The van der Waals surface area contributed by atoms with Gasteiger partial charge in [0.2, 0.25) is 18.1 Å². The second kappa shape index (κ2) is 10.7. The lowest BCUT2D eigenvalue weighted by molar-refractivity contribution is -0.125. The molecule has 11 heteroatoms. The molecule has 1 saturated carbocycles. The van der Waals surface area contributed by atoms with Crippen molar-refractivity contribution in [3.05, 3.63) is 5.89 Å². The number of ketones is 1. The van der Waals surface area contributed by atoms with Crippen molar-refractivity contribution in [2.75, 3.05) is 18.8 Å². The lowest BCUT2D eigenvalue weighted by Gasteiger charge is -2.36. The molecule has 10 nitrogen and oxygen atoms in total. The Labute approximate surface area is 185 Å². The minimum atomic E-state index is -0.634. The summed E-state index contributed by atoms with van der Waals surface area (Å²) in [5.74, 6) is -0.167. The van der Waals surface area contributed by atoms with Crippen LogP contribution in [0.5, 0.6) is 0 Å². The Hall–Kier alpha value is -2.43. The number of nitrogens with zero attached hydrogens (tertiary/aromatic N) is 4. The number of aromatic nitrogens is 2. The van der Waals surface area contributed by atoms with Gasteiger partial charge in [0, 0.05) is 18.3 Å². The third-order valence-corrected chi connectivity index (χ3v) is 6.37. The molecular formula is C20H29N5O5S. The van der Waals surface area contributed by atoms with E-state index in [-0.39, 0.29) is 47.9 Å². The van der Waals surface area contributed by atoms with Crippen LogP contribution in [-0.2, 0) is 9.59 Å². The molecule has 0 radical (unpaired) electrons. The first kappa shape index (κ1) is 23.2. The van der Waals surface area contributed by atoms with Crippen molar-refractivity contribution in [2.45, 2.75) is 69.7 Å². The molecule has 0 spiro atoms. The van der Waals surface area contributed by atoms with Crippen LogP contribution in [0.1, 0.15) is 63.1 Å². The lowest BCUT2D eigenvalue weighted by Crippen LogP contribution is -2.48. The predicted molar refractivity (Wildman–Crippen MR) is 112 cm³/mol. The molecule has 31 heavy (non-hydrogen) atoms. The van der Waals surface area contributed by atoms with Crippen molar-refractivity contribution in [3.63, 3.8) is 0 Å². The zero-order valence-electron chi connectivity index (χ0n) is 17.9. The van der Waals surface area contributed by atoms with Gasteiger partial charge in [0.25, 0.3) is 11.1 Å². The van der Waals surface area contributed by atoms with Gasteiger partial charge in [-0.1, -0.05) is 44.9 Å². The molecule has 3 rings (SSSR count). The van der Waals surface area contributed by atoms with Crippen LogP contribution < -0.4 is 5.32 Å². The number of rotatable bonds is 11. The second-order valence-corrected chi connectivity index (χ2v) is 9.33. The van der Waals surface area contributed by atoms with Gasteiger partial charge in [0.1, 0.15) is 6.04 Å². The Balaban J connectivity index is 1.64. The molecule has 1 saturated heterocycles. The Morgan fingerprint density at radius 1 is 1.29 bits per heavy atom. The molecule has 0 unspecified atom stereocenters. The van der Waals surface area contributed by atoms with E-state index in [4.69, 9.17) is 4.42 Å². The van der Waals surface area contributed by atoms with Crippen molar-refractivity contribution < 1.29 is 23.6 Å². The van der Waals surface area contributed by atoms with Gasteiger partial charge in [-0.3, -0.25) is 19.3 Å². The number of thioether (sulfide) groups is 1. The predicted octanol–water partition coefficient (Wildman–Crippen LogP) is 2.10. The van der Waals surface area contributed by atoms with Gasteiger partial charge in [-0.15, -0.1) is 10.2 Å². The van der Waals surface area contributed by atoms with E-state index in [2.05, 4.69) is 15.5 Å². The SMILES string of the molecule is CC(C)C[C@@H](C(=O)c1nnc(SCCN2C(=O)CNC2=O)o1)N(C=O)C1CCCCC1. The summed E-state index contributed by atoms with van der Waals surface area (Å²) in [5.41, 5.74) is 0. The smallest absolute Gasteiger partial charge is 0.324 e. The van der Waals surface area contributed by atoms with Crippen molar-refractivity contribution in [2.24, 2.45) is 5.92 Å². The van der Waals surface area contributed by atoms with Crippen LogP contribution in [0.2, 0.25) is 0 Å². The Bertz CT molecular complexity index is 792. The van der Waals surface area contributed by atoms with Gasteiger partial charge in [-0.25, -0.2) is 4.79 Å². The topological polar surface area (TPSA) is 126 Å². The molecule has 2 aliphatic rings. The molecule has 1 aromatic heterocycles. The van der Waals surface area contributed by atoms with Gasteiger partial charge in [0.15, 0.2) is 0 Å². The third kappa shape index (κ3) is 5.84. The molecule has 1 aliphatic heterocycles. The average molecular weight is 452 g/mol. The summed E-state index contributed by atoms with van der Waals surface area (Å²) in [6, 6.07) is -0.995. The fraction of sp³-hybridized carbons (Fsp3) is 0.700. The van der Waals surface area contributed by atoms with E-state index in [1.165, 1.54) is 11.8 Å². The molecule has 2 fully saturated rings. The molecule has 1 aromatic rings. The van der Waals surface area contributed by atoms with Gasteiger partial charge in [-0.2, -0.15) is 0 Å². The number of hydrogen-bond acceptors (Lipinski definition) is 8. The Morgan fingerprint density at radius 3 is 2.65 bits per heavy atom. The van der Waals surface area contributed by atoms with Crippen LogP contribution >= 0.6 is 11.8 Å². The summed E-state index contributed by atoms with van der Waals surface area (Å²) in [6.45, 7) is 4.23. The monoisotopic (exact) mass is 451 g/mol. The summed E-state index contributed by atoms with van der Waals surface area (Å²) < 4.78 is 5.55. The molecule has 1 atom stereocenters. The van der Waals surface area contributed by atoms with E-state index in [1.807, 2.05) is 13.8 Å². The highest BCUT2D eigenvalue weighted by molar-refractivity contribution is 7.99. The first-order valence-electron chi connectivity index (χ1n) is 10.7. The lowest BCUT2D eigenvalue weighted by atomic mass is 9.91. The van der Waals surface area contributed by atoms with Crippen LogP contribution in [0.3, 0.4) is 0 Å². The maximum Gasteiger partial charge on any atom is 0.324 e. The first-order chi connectivity index (χ1) is 14.9. The highest BCUT2D eigenvalue weighted by atomic mass is 32.2. The Kier molecular flexibility index (Phi) is 8.05. The van der Waals surface area contributed by atoms with Crippen LogP contribution in [0.25, 0.3) is 0 Å². The van der Waals surface area contributed by atoms with Crippen LogP contribution in [0, 0.1) is 5.92 Å². The van der Waals surface area contributed by atoms with Crippen molar-refractivity contribution in [3.8, 4) is 0 Å². The van der Waals surface area contributed by atoms with E-state index >= 15 is 0 Å². The molecule has 2 heterocycles. The normalized spacial score (nSPS) is 18.4. The maximum atomic E-state index is 13.2. The van der Waals surface area contributed by atoms with Gasteiger partial charge < -0.3 is 14.6 Å². The quantitative estimate of drug-likeness (QED) is 0.235. The molecule has 1 aliphatic carbocycles. The largest absolute Gasteiger partial charge is 0.408 e. The summed E-state index contributed by atoms with van der Waals surface area (Å²) in [5, 5.41) is 10.5. The number of carbonyl (C=O) groups is 4. The standard InChI is InChI=1S/C20H29N5O5S/c1-13(2)10-15(25(12-26)14-6-4-3-5-7-14)17(28)18-22-23-20(30-18)31-9-8-24-16(27)11-21-19(24)29/h12-15H,3-11H2,1-2H3,(H,21,29)/t15-/m0/s1. The van der Waals surface area contributed by atoms with Crippen molar-refractivity contribution >= 4 is 35.9 Å². The van der Waals surface area contributed by atoms with Gasteiger partial charge in [-0.05, 0) is 25.2 Å². The number of nitrogens with one attached hydrogen (secondary N) is 1. The van der Waals surface area contributed by atoms with E-state index in [0.29, 0.717) is 12.2 Å². The zero-order valence-corrected chi connectivity index (χ0v) is 18.7. The highest BCUT2D eigenvalue weighted by Gasteiger charge is 2.35. The van der Waals surface area contributed by atoms with Gasteiger partial charge in [0.05, 0.1) is 6.54 Å². The van der Waals surface area contributed by atoms with Crippen molar-refractivity contribution in [1.29, 1.82) is 0 Å². The minimum Gasteiger partial charge on any atom is -0.408 e. The second-order valence-electron chi connectivity index (χ2n) is 8.28. The molecule has 4 amide bonds. The first-order valence-corrected chi connectivity index (χ1v) is 11.7. The zero-order chi connectivity index (χ0) is 22.4. The highest BCUT2D eigenvalue weighted by Crippen LogP contribution is 2.27. The third-order valence-electron chi connectivity index (χ3n) is 5.57. The fourth-order valence-corrected chi connectivity index (χ4v) is 4.70. The number of urea groups is 1. The van der Waals surface area contributed by atoms with E-state index in [0.717, 1.165) is 43.4 Å².